The van der Waals surface area contributed by atoms with E-state index >= 15 is 0 Å². The molecule has 0 bridgehead atoms. The number of amides is 1. The molecule has 32 heavy (non-hydrogen) atoms. The fourth-order valence-corrected chi connectivity index (χ4v) is 3.01. The number of rotatable bonds is 6. The van der Waals surface area contributed by atoms with Crippen LogP contribution in [0.1, 0.15) is 45.2 Å². The van der Waals surface area contributed by atoms with E-state index in [0.717, 1.165) is 5.56 Å². The highest BCUT2D eigenvalue weighted by Gasteiger charge is 2.32. The van der Waals surface area contributed by atoms with Crippen molar-refractivity contribution in [3.63, 3.8) is 0 Å². The summed E-state index contributed by atoms with van der Waals surface area (Å²) in [5.74, 6) is -0.994. The number of ether oxygens (including phenoxy) is 3. The first-order valence-electron chi connectivity index (χ1n) is 10.6. The molecule has 1 atom stereocenters. The van der Waals surface area contributed by atoms with Crippen molar-refractivity contribution in [3.8, 4) is 5.75 Å². The normalized spacial score (nSPS) is 16.2. The van der Waals surface area contributed by atoms with Crippen molar-refractivity contribution in [1.29, 1.82) is 0 Å². The van der Waals surface area contributed by atoms with Crippen LogP contribution in [-0.4, -0.2) is 31.5 Å². The Kier molecular flexibility index (Phi) is 11.1. The van der Waals surface area contributed by atoms with E-state index in [2.05, 4.69) is 11.1 Å². The molecule has 0 saturated carbocycles. The van der Waals surface area contributed by atoms with Crippen LogP contribution in [0.5, 0.6) is 5.75 Å². The Morgan fingerprint density at radius 3 is 2.41 bits per heavy atom. The second-order valence-electron chi connectivity index (χ2n) is 7.41. The summed E-state index contributed by atoms with van der Waals surface area (Å²) in [6.07, 6.45) is 0.836. The van der Waals surface area contributed by atoms with Crippen molar-refractivity contribution in [2.45, 2.75) is 59.9 Å². The zero-order valence-electron chi connectivity index (χ0n) is 19.6. The molecule has 8 heteroatoms. The van der Waals surface area contributed by atoms with Crippen molar-refractivity contribution in [3.05, 3.63) is 53.1 Å². The third-order valence-corrected chi connectivity index (χ3v) is 4.48. The second-order valence-corrected chi connectivity index (χ2v) is 7.41. The zero-order chi connectivity index (χ0) is 24.3. The Balaban J connectivity index is 0.000000944. The summed E-state index contributed by atoms with van der Waals surface area (Å²) >= 11 is 0. The van der Waals surface area contributed by atoms with Crippen LogP contribution in [-0.2, 0) is 14.3 Å². The standard InChI is InChI=1S/C21H25F2NO3.C2H6.CH3NO/c1-13-5-6-18(17(23)9-13)24-19-10-15(22)11-20(14(19)2)25-8-7-16-12-26-21(3,4)27-16;1-2;2-1-3/h5-6,9-11,16,24H,7-8,12H2,1-4H3;1-2H3;1H,(H2,2,3). The minimum atomic E-state index is -0.575. The van der Waals surface area contributed by atoms with Crippen LogP contribution in [0, 0.1) is 25.5 Å². The number of nitrogens with two attached hydrogens (primary N) is 1. The quantitative estimate of drug-likeness (QED) is 0.576. The number of hydrogen-bond donors (Lipinski definition) is 2. The molecule has 1 saturated heterocycles. The molecule has 3 rings (SSSR count). The van der Waals surface area contributed by atoms with E-state index in [-0.39, 0.29) is 18.3 Å². The van der Waals surface area contributed by atoms with Gasteiger partial charge in [0.15, 0.2) is 5.79 Å². The summed E-state index contributed by atoms with van der Waals surface area (Å²) in [5.41, 5.74) is 6.45. The molecule has 1 amide bonds. The van der Waals surface area contributed by atoms with Crippen molar-refractivity contribution >= 4 is 17.8 Å². The molecule has 3 N–H and O–H groups in total. The van der Waals surface area contributed by atoms with Crippen LogP contribution >= 0.6 is 0 Å². The molecule has 2 aromatic rings. The van der Waals surface area contributed by atoms with Gasteiger partial charge in [-0.1, -0.05) is 19.9 Å². The predicted molar refractivity (Wildman–Crippen MR) is 122 cm³/mol. The highest BCUT2D eigenvalue weighted by molar-refractivity contribution is 5.66. The smallest absolute Gasteiger partial charge is 0.204 e. The van der Waals surface area contributed by atoms with E-state index in [1.807, 2.05) is 41.5 Å². The van der Waals surface area contributed by atoms with Gasteiger partial charge in [0.1, 0.15) is 17.4 Å². The number of anilines is 2. The van der Waals surface area contributed by atoms with Crippen LogP contribution in [0.3, 0.4) is 0 Å². The maximum atomic E-state index is 14.1. The molecule has 0 radical (unpaired) electrons. The summed E-state index contributed by atoms with van der Waals surface area (Å²) in [6.45, 7) is 12.2. The second kappa shape index (κ2) is 13.0. The maximum Gasteiger partial charge on any atom is 0.204 e. The number of carbonyl (C=O) groups excluding carboxylic acids is 1. The van der Waals surface area contributed by atoms with Gasteiger partial charge in [-0.15, -0.1) is 0 Å². The van der Waals surface area contributed by atoms with Crippen molar-refractivity contribution in [2.24, 2.45) is 5.73 Å². The number of aryl methyl sites for hydroxylation is 1. The summed E-state index contributed by atoms with van der Waals surface area (Å²) in [4.78, 5) is 8.58. The third kappa shape index (κ3) is 8.43. The van der Waals surface area contributed by atoms with Gasteiger partial charge >= 0.3 is 0 Å². The molecule has 0 aromatic heterocycles. The van der Waals surface area contributed by atoms with E-state index in [9.17, 15) is 8.78 Å². The Bertz CT molecular complexity index is 875. The third-order valence-electron chi connectivity index (χ3n) is 4.48. The molecular weight excluding hydrogens is 418 g/mol. The van der Waals surface area contributed by atoms with Crippen molar-refractivity contribution in [1.82, 2.24) is 0 Å². The van der Waals surface area contributed by atoms with E-state index in [0.29, 0.717) is 42.3 Å². The highest BCUT2D eigenvalue weighted by Crippen LogP contribution is 2.31. The number of primary amides is 1. The largest absolute Gasteiger partial charge is 0.493 e. The van der Waals surface area contributed by atoms with Gasteiger partial charge in [0.05, 0.1) is 25.0 Å². The van der Waals surface area contributed by atoms with Gasteiger partial charge in [0.25, 0.3) is 0 Å². The van der Waals surface area contributed by atoms with E-state index in [4.69, 9.17) is 19.0 Å². The highest BCUT2D eigenvalue weighted by atomic mass is 19.1. The predicted octanol–water partition coefficient (Wildman–Crippen LogP) is 5.37. The van der Waals surface area contributed by atoms with Gasteiger partial charge in [-0.25, -0.2) is 8.78 Å². The van der Waals surface area contributed by atoms with Gasteiger partial charge in [0, 0.05) is 23.7 Å². The monoisotopic (exact) mass is 452 g/mol. The average molecular weight is 453 g/mol. The molecule has 2 aromatic carbocycles. The van der Waals surface area contributed by atoms with Crippen LogP contribution in [0.2, 0.25) is 0 Å². The van der Waals surface area contributed by atoms with Gasteiger partial charge in [-0.05, 0) is 51.5 Å². The molecule has 1 fully saturated rings. The fourth-order valence-electron chi connectivity index (χ4n) is 3.01. The van der Waals surface area contributed by atoms with Crippen molar-refractivity contribution in [2.75, 3.05) is 18.5 Å². The Labute approximate surface area is 189 Å². The lowest BCUT2D eigenvalue weighted by Gasteiger charge is -2.18. The molecule has 178 valence electrons. The molecule has 0 spiro atoms. The summed E-state index contributed by atoms with van der Waals surface area (Å²) < 4.78 is 45.2. The van der Waals surface area contributed by atoms with Gasteiger partial charge in [-0.3, -0.25) is 4.79 Å². The molecule has 1 heterocycles. The lowest BCUT2D eigenvalue weighted by atomic mass is 10.1. The lowest BCUT2D eigenvalue weighted by Crippen LogP contribution is -2.22. The van der Waals surface area contributed by atoms with Gasteiger partial charge in [0.2, 0.25) is 6.41 Å². The molecular formula is C24H34F2N2O4. The maximum absolute atomic E-state index is 14.1. The topological polar surface area (TPSA) is 82.8 Å². The van der Waals surface area contributed by atoms with Crippen LogP contribution in [0.25, 0.3) is 0 Å². The Hall–Kier alpha value is -2.71. The Morgan fingerprint density at radius 2 is 1.84 bits per heavy atom. The summed E-state index contributed by atoms with van der Waals surface area (Å²) in [5, 5.41) is 2.95. The zero-order valence-corrected chi connectivity index (χ0v) is 19.6. The minimum Gasteiger partial charge on any atom is -0.493 e. The summed E-state index contributed by atoms with van der Waals surface area (Å²) in [6, 6.07) is 7.52. The van der Waals surface area contributed by atoms with E-state index < -0.39 is 11.6 Å². The first-order valence-corrected chi connectivity index (χ1v) is 10.6. The molecule has 6 nitrogen and oxygen atoms in total. The van der Waals surface area contributed by atoms with Crippen LogP contribution in [0.15, 0.2) is 30.3 Å². The Morgan fingerprint density at radius 1 is 1.19 bits per heavy atom. The number of benzene rings is 2. The molecule has 1 aliphatic heterocycles. The van der Waals surface area contributed by atoms with E-state index in [1.165, 1.54) is 18.2 Å². The number of nitrogens with one attached hydrogen (secondary N) is 1. The average Bonchev–Trinajstić information content (AvgIpc) is 3.08. The summed E-state index contributed by atoms with van der Waals surface area (Å²) in [7, 11) is 0. The molecule has 1 aliphatic rings. The van der Waals surface area contributed by atoms with E-state index in [1.54, 1.807) is 12.1 Å². The van der Waals surface area contributed by atoms with Gasteiger partial charge < -0.3 is 25.3 Å². The molecule has 1 unspecified atom stereocenters. The SMILES string of the molecule is CC.Cc1ccc(Nc2cc(F)cc(OCCC3COC(C)(C)O3)c2C)c(F)c1.NC=O. The minimum absolute atomic E-state index is 0.0480. The lowest BCUT2D eigenvalue weighted by molar-refractivity contribution is -0.139. The molecule has 0 aliphatic carbocycles. The number of carbonyl (C=O) groups is 1. The fraction of sp³-hybridized carbons (Fsp3) is 0.458. The number of halogens is 2. The first kappa shape index (κ1) is 27.3. The first-order chi connectivity index (χ1) is 15.1. The number of hydrogen-bond acceptors (Lipinski definition) is 5. The van der Waals surface area contributed by atoms with Gasteiger partial charge in [-0.2, -0.15) is 0 Å². The van der Waals surface area contributed by atoms with Crippen LogP contribution < -0.4 is 15.8 Å². The van der Waals surface area contributed by atoms with Crippen molar-refractivity contribution < 1.29 is 27.8 Å². The van der Waals surface area contributed by atoms with Crippen LogP contribution in [0.4, 0.5) is 20.2 Å².